The van der Waals surface area contributed by atoms with Crippen LogP contribution in [0.3, 0.4) is 0 Å². The minimum Gasteiger partial charge on any atom is -0.428 e. The van der Waals surface area contributed by atoms with Crippen molar-refractivity contribution in [3.8, 4) is 5.75 Å². The first-order chi connectivity index (χ1) is 8.65. The van der Waals surface area contributed by atoms with Gasteiger partial charge >= 0.3 is 6.09 Å². The Balaban J connectivity index is 2.18. The van der Waals surface area contributed by atoms with E-state index in [4.69, 9.17) is 21.5 Å². The Morgan fingerprint density at radius 1 is 1.28 bits per heavy atom. The fourth-order valence-electron chi connectivity index (χ4n) is 1.24. The Labute approximate surface area is 108 Å². The van der Waals surface area contributed by atoms with Crippen LogP contribution in [0.2, 0.25) is 5.15 Å². The van der Waals surface area contributed by atoms with Crippen LogP contribution in [-0.2, 0) is 0 Å². The molecule has 1 aromatic heterocycles. The third kappa shape index (κ3) is 3.11. The van der Waals surface area contributed by atoms with Gasteiger partial charge in [-0.1, -0.05) is 29.8 Å². The van der Waals surface area contributed by atoms with Gasteiger partial charge < -0.3 is 9.94 Å². The van der Waals surface area contributed by atoms with E-state index in [1.165, 1.54) is 18.3 Å². The topological polar surface area (TPSA) is 63.8 Å². The maximum atomic E-state index is 11.5. The van der Waals surface area contributed by atoms with Gasteiger partial charge in [0.2, 0.25) is 0 Å². The molecular formula is C12H9ClN2O3. The van der Waals surface area contributed by atoms with Gasteiger partial charge in [0, 0.05) is 12.3 Å². The number of halogens is 1. The zero-order valence-electron chi connectivity index (χ0n) is 9.15. The minimum atomic E-state index is -0.757. The highest BCUT2D eigenvalue weighted by Crippen LogP contribution is 2.08. The largest absolute Gasteiger partial charge is 0.439 e. The zero-order valence-corrected chi connectivity index (χ0v) is 9.91. The summed E-state index contributed by atoms with van der Waals surface area (Å²) in [6.45, 7) is 0. The van der Waals surface area contributed by atoms with Crippen LogP contribution in [0.1, 0.15) is 0 Å². The standard InChI is InChI=1S/C12H9ClN2O3/c13-11-8-9(6-7-15(11)17)14-12(16)18-10-4-2-1-3-5-10/h1-8,17H. The Hall–Kier alpha value is -2.27. The van der Waals surface area contributed by atoms with E-state index < -0.39 is 6.09 Å². The smallest absolute Gasteiger partial charge is 0.428 e. The number of hydrogen-bond donors (Lipinski definition) is 1. The number of amides is 1. The molecule has 18 heavy (non-hydrogen) atoms. The van der Waals surface area contributed by atoms with E-state index in [1.54, 1.807) is 24.3 Å². The van der Waals surface area contributed by atoms with Crippen LogP contribution in [0.25, 0.3) is 0 Å². The van der Waals surface area contributed by atoms with Crippen molar-refractivity contribution < 1.29 is 14.7 Å². The molecule has 2 rings (SSSR count). The predicted molar refractivity (Wildman–Crippen MR) is 64.7 cm³/mol. The normalized spacial score (nSPS) is 11.3. The van der Waals surface area contributed by atoms with Crippen molar-refractivity contribution in [3.63, 3.8) is 0 Å². The van der Waals surface area contributed by atoms with Gasteiger partial charge in [-0.05, 0) is 18.2 Å². The van der Waals surface area contributed by atoms with Gasteiger partial charge in [0.15, 0.2) is 0 Å². The molecule has 2 aromatic rings. The van der Waals surface area contributed by atoms with E-state index in [0.29, 0.717) is 15.8 Å². The fourth-order valence-corrected chi connectivity index (χ4v) is 1.41. The lowest BCUT2D eigenvalue weighted by Crippen LogP contribution is -2.11. The van der Waals surface area contributed by atoms with Crippen LogP contribution in [0.5, 0.6) is 5.75 Å². The van der Waals surface area contributed by atoms with Gasteiger partial charge in [-0.2, -0.15) is 9.72 Å². The van der Waals surface area contributed by atoms with E-state index in [9.17, 15) is 4.79 Å². The number of para-hydroxylation sites is 1. The Morgan fingerprint density at radius 2 is 2.00 bits per heavy atom. The molecule has 0 radical (unpaired) electrons. The molecule has 0 aliphatic heterocycles. The molecule has 0 unspecified atom stereocenters. The van der Waals surface area contributed by atoms with E-state index >= 15 is 0 Å². The number of benzene rings is 1. The Morgan fingerprint density at radius 3 is 2.67 bits per heavy atom. The maximum Gasteiger partial charge on any atom is 0.439 e. The molecule has 1 heterocycles. The Bertz CT molecular complexity index is 623. The van der Waals surface area contributed by atoms with Gasteiger partial charge in [-0.15, -0.1) is 0 Å². The number of rotatable bonds is 1. The molecule has 6 heteroatoms. The first-order valence-corrected chi connectivity index (χ1v) is 5.42. The molecule has 0 aliphatic rings. The summed E-state index contributed by atoms with van der Waals surface area (Å²) < 4.78 is 5.68. The molecule has 5 nitrogen and oxygen atoms in total. The summed E-state index contributed by atoms with van der Waals surface area (Å²) in [5, 5.41) is 9.48. The molecule has 0 fully saturated rings. The quantitative estimate of drug-likeness (QED) is 0.636. The second kappa shape index (κ2) is 5.37. The highest BCUT2D eigenvalue weighted by molar-refractivity contribution is 6.29. The molecule has 1 amide bonds. The van der Waals surface area contributed by atoms with Gasteiger partial charge in [0.1, 0.15) is 10.9 Å². The number of hydrogen-bond acceptors (Lipinski definition) is 3. The Kier molecular flexibility index (Phi) is 3.64. The minimum absolute atomic E-state index is 0.0451. The lowest BCUT2D eigenvalue weighted by molar-refractivity contribution is 0.184. The summed E-state index contributed by atoms with van der Waals surface area (Å²) in [7, 11) is 0. The number of pyridine rings is 1. The zero-order chi connectivity index (χ0) is 13.0. The molecule has 92 valence electrons. The van der Waals surface area contributed by atoms with Gasteiger partial charge in [0.25, 0.3) is 0 Å². The summed E-state index contributed by atoms with van der Waals surface area (Å²) in [4.78, 5) is 15.2. The first-order valence-electron chi connectivity index (χ1n) is 5.04. The molecule has 1 aromatic carbocycles. The summed E-state index contributed by atoms with van der Waals surface area (Å²) in [6, 6.07) is 11.4. The second-order valence-electron chi connectivity index (χ2n) is 3.35. The van der Waals surface area contributed by atoms with Crippen molar-refractivity contribution in [2.24, 2.45) is 4.99 Å². The van der Waals surface area contributed by atoms with Crippen LogP contribution < -0.4 is 10.1 Å². The molecule has 0 atom stereocenters. The second-order valence-corrected chi connectivity index (χ2v) is 3.73. The molecule has 0 aliphatic carbocycles. The molecule has 0 saturated carbocycles. The van der Waals surface area contributed by atoms with Crippen molar-refractivity contribution in [1.29, 1.82) is 0 Å². The number of carbonyl (C=O) groups is 1. The number of nitrogens with zero attached hydrogens (tertiary/aromatic N) is 2. The predicted octanol–water partition coefficient (Wildman–Crippen LogP) is 2.48. The third-order valence-electron chi connectivity index (χ3n) is 2.04. The van der Waals surface area contributed by atoms with Crippen LogP contribution in [0.15, 0.2) is 53.7 Å². The van der Waals surface area contributed by atoms with Crippen molar-refractivity contribution in [3.05, 3.63) is 59.2 Å². The lowest BCUT2D eigenvalue weighted by atomic mass is 10.3. The highest BCUT2D eigenvalue weighted by atomic mass is 35.5. The van der Waals surface area contributed by atoms with Gasteiger partial charge in [-0.3, -0.25) is 0 Å². The monoisotopic (exact) mass is 264 g/mol. The lowest BCUT2D eigenvalue weighted by Gasteiger charge is -2.00. The van der Waals surface area contributed by atoms with E-state index in [1.807, 2.05) is 6.07 Å². The van der Waals surface area contributed by atoms with Crippen LogP contribution in [0.4, 0.5) is 4.79 Å². The summed E-state index contributed by atoms with van der Waals surface area (Å²) in [5.41, 5.74) is 0. The van der Waals surface area contributed by atoms with E-state index in [0.717, 1.165) is 0 Å². The molecular weight excluding hydrogens is 256 g/mol. The number of carbonyl (C=O) groups excluding carboxylic acids is 1. The number of aromatic nitrogens is 1. The summed E-state index contributed by atoms with van der Waals surface area (Å²) >= 11 is 5.66. The average molecular weight is 265 g/mol. The molecule has 1 N–H and O–H groups in total. The van der Waals surface area contributed by atoms with Crippen molar-refractivity contribution in [1.82, 2.24) is 4.73 Å². The molecule has 0 bridgehead atoms. The maximum absolute atomic E-state index is 11.5. The van der Waals surface area contributed by atoms with Crippen LogP contribution in [0, 0.1) is 0 Å². The van der Waals surface area contributed by atoms with Crippen molar-refractivity contribution >= 4 is 17.7 Å². The third-order valence-corrected chi connectivity index (χ3v) is 2.32. The summed E-state index contributed by atoms with van der Waals surface area (Å²) in [5.74, 6) is 0.408. The highest BCUT2D eigenvalue weighted by Gasteiger charge is 2.01. The van der Waals surface area contributed by atoms with E-state index in [-0.39, 0.29) is 5.15 Å². The first kappa shape index (κ1) is 12.2. The molecule has 0 spiro atoms. The number of ether oxygens (including phenoxy) is 1. The van der Waals surface area contributed by atoms with Crippen molar-refractivity contribution in [2.75, 3.05) is 0 Å². The van der Waals surface area contributed by atoms with Gasteiger partial charge in [-0.25, -0.2) is 4.79 Å². The van der Waals surface area contributed by atoms with Gasteiger partial charge in [0.05, 0.1) is 5.36 Å². The van der Waals surface area contributed by atoms with E-state index in [2.05, 4.69) is 4.99 Å². The average Bonchev–Trinajstić information content (AvgIpc) is 2.35. The summed E-state index contributed by atoms with van der Waals surface area (Å²) in [6.07, 6.45) is 0.518. The molecule has 0 saturated heterocycles. The fraction of sp³-hybridized carbons (Fsp3) is 0. The SMILES string of the molecule is O=C(N=c1ccn(O)c(Cl)c1)Oc1ccccc1. The van der Waals surface area contributed by atoms with Crippen LogP contribution in [-0.4, -0.2) is 16.0 Å². The van der Waals surface area contributed by atoms with Crippen LogP contribution >= 0.6 is 11.6 Å². The van der Waals surface area contributed by atoms with Crippen molar-refractivity contribution in [2.45, 2.75) is 0 Å².